The number of aliphatic hydroxyl groups excluding tert-OH is 2. The van der Waals surface area contributed by atoms with Crippen LogP contribution in [0.2, 0.25) is 0 Å². The third-order valence-electron chi connectivity index (χ3n) is 12.2. The van der Waals surface area contributed by atoms with Crippen LogP contribution in [0, 0.1) is 32.9 Å². The van der Waals surface area contributed by atoms with Crippen molar-refractivity contribution < 1.29 is 82.1 Å². The van der Waals surface area contributed by atoms with Crippen LogP contribution in [0.15, 0.2) is 73.3 Å². The number of likely N-dealkylation sites (tertiary alicyclic amines) is 2. The summed E-state index contributed by atoms with van der Waals surface area (Å²) in [6, 6.07) is 13.8. The smallest absolute Gasteiger partial charge is 1.00 e. The van der Waals surface area contributed by atoms with E-state index in [0.717, 1.165) is 61.5 Å². The number of urea groups is 2. The molecule has 4 fully saturated rings. The number of aromatic nitrogens is 6. The standard InChI is InChI=1S/2C22H25FN6O2.2CH4.CH3.HI.Na/c2*1-14-4-5-16(17(23)11-14)19-3-2-8-28(19)20-7-10-29-21(26-20)18(12-24-29)25-22(31)27-9-6-15(30)13-27;;;;;/h2*4-5,7,10-12,15,19,30H,2-3,6,8-9,13H2,1H3,(H,25,31);2*1H4;1H3;1H;/q;;;;-1;;+1/p-1/t2*15-,19+;;;;;/m00...../s1. The van der Waals surface area contributed by atoms with Crippen LogP contribution in [0.4, 0.5) is 41.4 Å². The molecule has 4 amide bonds. The van der Waals surface area contributed by atoms with E-state index in [-0.39, 0.29) is 112 Å². The first-order valence-electron chi connectivity index (χ1n) is 21.2. The van der Waals surface area contributed by atoms with Crippen molar-refractivity contribution in [3.63, 3.8) is 0 Å². The van der Waals surface area contributed by atoms with Crippen molar-refractivity contribution in [2.75, 3.05) is 59.7 Å². The van der Waals surface area contributed by atoms with Gasteiger partial charge in [0.25, 0.3) is 0 Å². The summed E-state index contributed by atoms with van der Waals surface area (Å²) in [5.41, 5.74) is 5.22. The number of β-amino-alcohol motifs (C(OH)–C–C–N with tert-alkyl or cyclic N) is 2. The number of hydrogen-bond donors (Lipinski definition) is 4. The number of aryl methyl sites for hydroxylation is 2. The molecular formula is C47H61F2IN12NaO4-. The van der Waals surface area contributed by atoms with Crippen LogP contribution in [0.3, 0.4) is 0 Å². The van der Waals surface area contributed by atoms with Crippen LogP contribution < -0.4 is 74.0 Å². The maximum atomic E-state index is 14.6. The molecule has 8 heterocycles. The first-order chi connectivity index (χ1) is 30.0. The van der Waals surface area contributed by atoms with Crippen molar-refractivity contribution in [1.82, 2.24) is 39.0 Å². The Morgan fingerprint density at radius 2 is 1.04 bits per heavy atom. The number of hydrogen-bond acceptors (Lipinski definition) is 10. The van der Waals surface area contributed by atoms with Gasteiger partial charge in [-0.05, 0) is 87.8 Å². The molecule has 67 heavy (non-hydrogen) atoms. The molecule has 0 bridgehead atoms. The second kappa shape index (κ2) is 23.6. The fraction of sp³-hybridized carbons (Fsp3) is 0.426. The summed E-state index contributed by atoms with van der Waals surface area (Å²) in [5.74, 6) is 1.07. The van der Waals surface area contributed by atoms with Gasteiger partial charge >= 0.3 is 41.6 Å². The monoisotopic (exact) mass is 1050 g/mol. The molecule has 6 aromatic rings. The zero-order chi connectivity index (χ0) is 43.1. The molecule has 0 unspecified atom stereocenters. The number of anilines is 4. The molecule has 4 aromatic heterocycles. The predicted molar refractivity (Wildman–Crippen MR) is 249 cm³/mol. The zero-order valence-corrected chi connectivity index (χ0v) is 41.2. The molecule has 4 saturated heterocycles. The molecule has 10 rings (SSSR count). The molecule has 4 aliphatic rings. The van der Waals surface area contributed by atoms with Crippen molar-refractivity contribution in [3.8, 4) is 0 Å². The maximum absolute atomic E-state index is 14.6. The Labute approximate surface area is 430 Å². The minimum Gasteiger partial charge on any atom is -1.00 e. The van der Waals surface area contributed by atoms with Gasteiger partial charge in [-0.3, -0.25) is 0 Å². The number of carbonyl (C=O) groups is 2. The number of amides is 4. The van der Waals surface area contributed by atoms with Gasteiger partial charge in [0.1, 0.15) is 34.6 Å². The van der Waals surface area contributed by atoms with Crippen molar-refractivity contribution in [2.45, 2.75) is 91.5 Å². The fourth-order valence-corrected chi connectivity index (χ4v) is 8.99. The molecule has 0 radical (unpaired) electrons. The summed E-state index contributed by atoms with van der Waals surface area (Å²) in [6.07, 6.45) is 10.5. The number of carbonyl (C=O) groups excluding carboxylic acids is 2. The van der Waals surface area contributed by atoms with Crippen molar-refractivity contribution in [2.24, 2.45) is 0 Å². The topological polar surface area (TPSA) is 172 Å². The van der Waals surface area contributed by atoms with Crippen LogP contribution in [-0.4, -0.2) is 113 Å². The normalized spacial score (nSPS) is 19.7. The van der Waals surface area contributed by atoms with Gasteiger partial charge < -0.3 is 71.8 Å². The second-order valence-electron chi connectivity index (χ2n) is 16.6. The molecule has 4 aliphatic heterocycles. The van der Waals surface area contributed by atoms with E-state index in [1.807, 2.05) is 50.2 Å². The second-order valence-corrected chi connectivity index (χ2v) is 16.6. The minimum absolute atomic E-state index is 0. The largest absolute Gasteiger partial charge is 1.00 e. The Morgan fingerprint density at radius 3 is 1.40 bits per heavy atom. The van der Waals surface area contributed by atoms with Gasteiger partial charge in [0.05, 0.1) is 36.7 Å². The quantitative estimate of drug-likeness (QED) is 0.110. The van der Waals surface area contributed by atoms with Crippen molar-refractivity contribution in [1.29, 1.82) is 0 Å². The molecule has 2 aromatic carbocycles. The number of benzene rings is 2. The Morgan fingerprint density at radius 1 is 0.642 bits per heavy atom. The summed E-state index contributed by atoms with van der Waals surface area (Å²) in [4.78, 5) is 42.0. The van der Waals surface area contributed by atoms with Gasteiger partial charge in [-0.1, -0.05) is 39.1 Å². The van der Waals surface area contributed by atoms with E-state index >= 15 is 0 Å². The number of nitrogens with one attached hydrogen (secondary N) is 2. The number of halogens is 3. The van der Waals surface area contributed by atoms with Gasteiger partial charge in [0.15, 0.2) is 11.3 Å². The molecule has 4 atom stereocenters. The third-order valence-corrected chi connectivity index (χ3v) is 12.2. The first-order valence-corrected chi connectivity index (χ1v) is 21.2. The van der Waals surface area contributed by atoms with Gasteiger partial charge in [-0.15, -0.1) is 0 Å². The molecule has 0 saturated carbocycles. The number of rotatable bonds is 6. The van der Waals surface area contributed by atoms with E-state index in [2.05, 4.69) is 30.6 Å². The molecule has 4 N–H and O–H groups in total. The number of aliphatic hydroxyl groups is 2. The van der Waals surface area contributed by atoms with Crippen molar-refractivity contribution in [3.05, 3.63) is 115 Å². The summed E-state index contributed by atoms with van der Waals surface area (Å²) in [6.45, 7) is 7.00. The average molecular weight is 1050 g/mol. The Hall–Kier alpha value is -4.67. The van der Waals surface area contributed by atoms with E-state index in [1.54, 1.807) is 55.8 Å². The molecule has 0 spiro atoms. The van der Waals surface area contributed by atoms with Crippen LogP contribution in [-0.2, 0) is 0 Å². The SMILES string of the molecule is C.C.Cc1ccc([C@H]2CCCN2c2ccn3ncc(NC(=O)N4CC[C@H](O)C4)c3n2)c(F)c1.Cc1ccc([C@H]2CCCN2c2ccn3ncc(NC(=O)N4CC[C@H](O)C4)c3n2)c(F)c1.[CH3-].[I-].[Na+]. The van der Waals surface area contributed by atoms with Crippen LogP contribution >= 0.6 is 0 Å². The van der Waals surface area contributed by atoms with Gasteiger partial charge in [0.2, 0.25) is 0 Å². The molecule has 20 heteroatoms. The van der Waals surface area contributed by atoms with Crippen molar-refractivity contribution >= 4 is 46.4 Å². The first kappa shape index (κ1) is 54.9. The van der Waals surface area contributed by atoms with E-state index in [1.165, 1.54) is 0 Å². The van der Waals surface area contributed by atoms with E-state index < -0.39 is 12.2 Å². The van der Waals surface area contributed by atoms with Crippen LogP contribution in [0.5, 0.6) is 0 Å². The summed E-state index contributed by atoms with van der Waals surface area (Å²) in [5, 5.41) is 33.6. The van der Waals surface area contributed by atoms with Gasteiger partial charge in [-0.25, -0.2) is 37.4 Å². The molecule has 0 aliphatic carbocycles. The van der Waals surface area contributed by atoms with Gasteiger partial charge in [0, 0.05) is 62.8 Å². The number of nitrogens with zero attached hydrogens (tertiary/aromatic N) is 10. The Balaban J connectivity index is 0.000000272. The molecular weight excluding hydrogens is 984 g/mol. The zero-order valence-electron chi connectivity index (χ0n) is 37.0. The maximum Gasteiger partial charge on any atom is 1.00 e. The Kier molecular flexibility index (Phi) is 19.3. The van der Waals surface area contributed by atoms with Gasteiger partial charge in [-0.2, -0.15) is 10.2 Å². The van der Waals surface area contributed by atoms with Crippen LogP contribution in [0.1, 0.15) is 87.7 Å². The fourth-order valence-electron chi connectivity index (χ4n) is 8.99. The predicted octanol–water partition coefficient (Wildman–Crippen LogP) is 1.96. The third kappa shape index (κ3) is 11.8. The Bertz CT molecular complexity index is 2460. The average Bonchev–Trinajstić information content (AvgIpc) is 4.12. The molecule has 16 nitrogen and oxygen atoms in total. The summed E-state index contributed by atoms with van der Waals surface area (Å²) in [7, 11) is 0. The van der Waals surface area contributed by atoms with E-state index in [0.29, 0.717) is 72.8 Å². The number of fused-ring (bicyclic) bond motifs is 2. The van der Waals surface area contributed by atoms with Crippen LogP contribution in [0.25, 0.3) is 11.3 Å². The van der Waals surface area contributed by atoms with E-state index in [9.17, 15) is 28.6 Å². The minimum atomic E-state index is -0.478. The summed E-state index contributed by atoms with van der Waals surface area (Å²) < 4.78 is 32.5. The van der Waals surface area contributed by atoms with E-state index in [4.69, 9.17) is 9.97 Å². The summed E-state index contributed by atoms with van der Waals surface area (Å²) >= 11 is 0. The molecule has 356 valence electrons.